The first-order valence-electron chi connectivity index (χ1n) is 5.92. The Labute approximate surface area is 125 Å². The molecule has 1 amide bonds. The maximum atomic E-state index is 11.0. The summed E-state index contributed by atoms with van der Waals surface area (Å²) in [4.78, 5) is 12.1. The quantitative estimate of drug-likeness (QED) is 0.877. The van der Waals surface area contributed by atoms with Crippen LogP contribution in [0, 0.1) is 0 Å². The summed E-state index contributed by atoms with van der Waals surface area (Å²) in [7, 11) is 0. The van der Waals surface area contributed by atoms with Crippen molar-refractivity contribution in [1.29, 1.82) is 0 Å². The van der Waals surface area contributed by atoms with Gasteiger partial charge in [-0.1, -0.05) is 28.1 Å². The minimum Gasteiger partial charge on any atom is -0.366 e. The molecule has 2 aromatic rings. The van der Waals surface area contributed by atoms with Crippen LogP contribution in [-0.4, -0.2) is 5.91 Å². The summed E-state index contributed by atoms with van der Waals surface area (Å²) in [5, 5.41) is 5.23. The standard InChI is InChI=1S/C14H15BrN2OS/c1-9(10-3-2-4-12(15)5-10)17-7-13-6-11(8-19-13)14(16)18/h2-6,8-9,17H,7H2,1H3,(H2,16,18)/t9-/m0/s1. The SMILES string of the molecule is C[C@H](NCc1cc(C(N)=O)cs1)c1cccc(Br)c1. The number of amides is 1. The molecule has 1 aromatic carbocycles. The molecule has 3 N–H and O–H groups in total. The van der Waals surface area contributed by atoms with E-state index in [1.807, 2.05) is 18.2 Å². The molecule has 0 fully saturated rings. The second-order valence-electron chi connectivity index (χ2n) is 4.32. The predicted octanol–water partition coefficient (Wildman–Crippen LogP) is 3.46. The van der Waals surface area contributed by atoms with E-state index < -0.39 is 0 Å². The zero-order chi connectivity index (χ0) is 13.8. The Hall–Kier alpha value is -1.17. The second-order valence-corrected chi connectivity index (χ2v) is 6.23. The molecule has 0 bridgehead atoms. The lowest BCUT2D eigenvalue weighted by molar-refractivity contribution is 0.100. The van der Waals surface area contributed by atoms with Crippen molar-refractivity contribution in [2.75, 3.05) is 0 Å². The molecule has 100 valence electrons. The molecular weight excluding hydrogens is 324 g/mol. The molecule has 0 radical (unpaired) electrons. The van der Waals surface area contributed by atoms with Crippen LogP contribution in [-0.2, 0) is 6.54 Å². The number of thiophene rings is 1. The molecule has 0 aliphatic carbocycles. The number of rotatable bonds is 5. The van der Waals surface area contributed by atoms with Crippen molar-refractivity contribution < 1.29 is 4.79 Å². The number of halogens is 1. The normalized spacial score (nSPS) is 12.3. The van der Waals surface area contributed by atoms with Gasteiger partial charge >= 0.3 is 0 Å². The highest BCUT2D eigenvalue weighted by atomic mass is 79.9. The molecule has 19 heavy (non-hydrogen) atoms. The maximum absolute atomic E-state index is 11.0. The smallest absolute Gasteiger partial charge is 0.249 e. The third-order valence-electron chi connectivity index (χ3n) is 2.87. The Morgan fingerprint density at radius 2 is 2.26 bits per heavy atom. The van der Waals surface area contributed by atoms with Crippen LogP contribution < -0.4 is 11.1 Å². The van der Waals surface area contributed by atoms with Crippen molar-refractivity contribution in [3.63, 3.8) is 0 Å². The number of nitrogens with two attached hydrogens (primary N) is 1. The predicted molar refractivity (Wildman–Crippen MR) is 82.2 cm³/mol. The van der Waals surface area contributed by atoms with E-state index in [-0.39, 0.29) is 11.9 Å². The van der Waals surface area contributed by atoms with E-state index in [0.717, 1.165) is 15.9 Å². The fourth-order valence-corrected chi connectivity index (χ4v) is 2.99. The molecule has 0 saturated carbocycles. The van der Waals surface area contributed by atoms with Crippen LogP contribution in [0.15, 0.2) is 40.2 Å². The number of carbonyl (C=O) groups excluding carboxylic acids is 1. The van der Waals surface area contributed by atoms with E-state index in [2.05, 4.69) is 40.3 Å². The molecular formula is C14H15BrN2OS. The van der Waals surface area contributed by atoms with Gasteiger partial charge in [0.15, 0.2) is 0 Å². The summed E-state index contributed by atoms with van der Waals surface area (Å²) in [6.45, 7) is 2.84. The Morgan fingerprint density at radius 1 is 1.47 bits per heavy atom. The fourth-order valence-electron chi connectivity index (χ4n) is 1.75. The van der Waals surface area contributed by atoms with Gasteiger partial charge in [-0.3, -0.25) is 4.79 Å². The molecule has 1 aromatic heterocycles. The molecule has 1 heterocycles. The van der Waals surface area contributed by atoms with Crippen LogP contribution in [0.4, 0.5) is 0 Å². The van der Waals surface area contributed by atoms with Gasteiger partial charge in [-0.15, -0.1) is 11.3 Å². The highest BCUT2D eigenvalue weighted by Crippen LogP contribution is 2.19. The summed E-state index contributed by atoms with van der Waals surface area (Å²) in [5.74, 6) is -0.373. The first-order chi connectivity index (χ1) is 9.06. The van der Waals surface area contributed by atoms with E-state index in [4.69, 9.17) is 5.73 Å². The highest BCUT2D eigenvalue weighted by Gasteiger charge is 2.08. The van der Waals surface area contributed by atoms with Gasteiger partial charge in [-0.05, 0) is 30.7 Å². The Balaban J connectivity index is 1.96. The second kappa shape index (κ2) is 6.32. The largest absolute Gasteiger partial charge is 0.366 e. The number of nitrogens with one attached hydrogen (secondary N) is 1. The summed E-state index contributed by atoms with van der Waals surface area (Å²) in [5.41, 5.74) is 7.04. The van der Waals surface area contributed by atoms with Gasteiger partial charge in [0.1, 0.15) is 0 Å². The van der Waals surface area contributed by atoms with E-state index in [1.54, 1.807) is 16.7 Å². The van der Waals surface area contributed by atoms with Gasteiger partial charge in [0, 0.05) is 27.3 Å². The lowest BCUT2D eigenvalue weighted by Gasteiger charge is -2.13. The van der Waals surface area contributed by atoms with Gasteiger partial charge in [-0.25, -0.2) is 0 Å². The van der Waals surface area contributed by atoms with Crippen LogP contribution in [0.5, 0.6) is 0 Å². The van der Waals surface area contributed by atoms with Crippen LogP contribution in [0.1, 0.15) is 33.8 Å². The van der Waals surface area contributed by atoms with Crippen molar-refractivity contribution in [3.05, 3.63) is 56.2 Å². The zero-order valence-electron chi connectivity index (χ0n) is 10.5. The monoisotopic (exact) mass is 338 g/mol. The first kappa shape index (κ1) is 14.2. The summed E-state index contributed by atoms with van der Waals surface area (Å²) >= 11 is 5.01. The minimum absolute atomic E-state index is 0.247. The van der Waals surface area contributed by atoms with Crippen molar-refractivity contribution in [3.8, 4) is 0 Å². The van der Waals surface area contributed by atoms with E-state index >= 15 is 0 Å². The van der Waals surface area contributed by atoms with Crippen LogP contribution in [0.25, 0.3) is 0 Å². The molecule has 0 unspecified atom stereocenters. The Morgan fingerprint density at radius 3 is 2.89 bits per heavy atom. The molecule has 1 atom stereocenters. The first-order valence-corrected chi connectivity index (χ1v) is 7.59. The third kappa shape index (κ3) is 3.89. The lowest BCUT2D eigenvalue weighted by Crippen LogP contribution is -2.17. The summed E-state index contributed by atoms with van der Waals surface area (Å²) in [6, 6.07) is 10.3. The van der Waals surface area contributed by atoms with Crippen molar-refractivity contribution in [1.82, 2.24) is 5.32 Å². The van der Waals surface area contributed by atoms with Crippen molar-refractivity contribution >= 4 is 33.2 Å². The number of hydrogen-bond donors (Lipinski definition) is 2. The molecule has 0 saturated heterocycles. The molecule has 3 nitrogen and oxygen atoms in total. The maximum Gasteiger partial charge on any atom is 0.249 e. The topological polar surface area (TPSA) is 55.1 Å². The average Bonchev–Trinajstić information content (AvgIpc) is 2.85. The van der Waals surface area contributed by atoms with Crippen LogP contribution in [0.2, 0.25) is 0 Å². The average molecular weight is 339 g/mol. The third-order valence-corrected chi connectivity index (χ3v) is 4.30. The van der Waals surface area contributed by atoms with Crippen molar-refractivity contribution in [2.45, 2.75) is 19.5 Å². The van der Waals surface area contributed by atoms with Crippen molar-refractivity contribution in [2.24, 2.45) is 5.73 Å². The van der Waals surface area contributed by atoms with Gasteiger partial charge in [-0.2, -0.15) is 0 Å². The lowest BCUT2D eigenvalue weighted by atomic mass is 10.1. The van der Waals surface area contributed by atoms with Gasteiger partial charge in [0.05, 0.1) is 5.56 Å². The van der Waals surface area contributed by atoms with Gasteiger partial charge in [0.25, 0.3) is 0 Å². The fraction of sp³-hybridized carbons (Fsp3) is 0.214. The number of carbonyl (C=O) groups is 1. The number of primary amides is 1. The summed E-state index contributed by atoms with van der Waals surface area (Å²) < 4.78 is 1.07. The van der Waals surface area contributed by atoms with Gasteiger partial charge < -0.3 is 11.1 Å². The van der Waals surface area contributed by atoms with E-state index in [9.17, 15) is 4.79 Å². The molecule has 5 heteroatoms. The Bertz CT molecular complexity index is 582. The van der Waals surface area contributed by atoms with Crippen LogP contribution >= 0.6 is 27.3 Å². The summed E-state index contributed by atoms with van der Waals surface area (Å²) in [6.07, 6.45) is 0. The number of hydrogen-bond acceptors (Lipinski definition) is 3. The number of benzene rings is 1. The van der Waals surface area contributed by atoms with E-state index in [0.29, 0.717) is 5.56 Å². The zero-order valence-corrected chi connectivity index (χ0v) is 12.9. The molecule has 0 spiro atoms. The van der Waals surface area contributed by atoms with Crippen LogP contribution in [0.3, 0.4) is 0 Å². The van der Waals surface area contributed by atoms with E-state index in [1.165, 1.54) is 5.56 Å². The van der Waals surface area contributed by atoms with Gasteiger partial charge in [0.2, 0.25) is 5.91 Å². The molecule has 2 rings (SSSR count). The highest BCUT2D eigenvalue weighted by molar-refractivity contribution is 9.10. The minimum atomic E-state index is -0.373. The Kier molecular flexibility index (Phi) is 4.74. The molecule has 0 aliphatic rings. The molecule has 0 aliphatic heterocycles.